The summed E-state index contributed by atoms with van der Waals surface area (Å²) in [7, 11) is 1.32. The molecule has 15 heavy (non-hydrogen) atoms. The van der Waals surface area contributed by atoms with Crippen LogP contribution >= 0.6 is 11.3 Å². The Morgan fingerprint density at radius 1 is 1.67 bits per heavy atom. The van der Waals surface area contributed by atoms with Crippen molar-refractivity contribution in [2.45, 2.75) is 6.54 Å². The van der Waals surface area contributed by atoms with E-state index in [4.69, 9.17) is 0 Å². The third-order valence-corrected chi connectivity index (χ3v) is 2.41. The number of aromatic nitrogens is 4. The number of esters is 1. The van der Waals surface area contributed by atoms with Crippen LogP contribution in [0.2, 0.25) is 0 Å². The number of nitrogens with zero attached hydrogens (tertiary/aromatic N) is 4. The van der Waals surface area contributed by atoms with Gasteiger partial charge in [-0.2, -0.15) is 16.1 Å². The fraction of sp³-hybridized carbons (Fsp3) is 0.250. The highest BCUT2D eigenvalue weighted by atomic mass is 32.1. The third-order valence-electron chi connectivity index (χ3n) is 1.73. The van der Waals surface area contributed by atoms with Crippen LogP contribution in [0.15, 0.2) is 16.8 Å². The summed E-state index contributed by atoms with van der Waals surface area (Å²) in [6, 6.07) is 1.89. The Balaban J connectivity index is 2.14. The van der Waals surface area contributed by atoms with Crippen molar-refractivity contribution in [1.29, 1.82) is 0 Å². The highest BCUT2D eigenvalue weighted by Gasteiger charge is 2.08. The molecule has 6 nitrogen and oxygen atoms in total. The van der Waals surface area contributed by atoms with Gasteiger partial charge >= 0.3 is 5.97 Å². The third kappa shape index (κ3) is 2.18. The predicted molar refractivity (Wildman–Crippen MR) is 53.1 cm³/mol. The predicted octanol–water partition coefficient (Wildman–Crippen LogP) is 0.575. The molecule has 0 aliphatic carbocycles. The molecule has 7 heteroatoms. The molecule has 0 fully saturated rings. The second-order valence-electron chi connectivity index (χ2n) is 2.73. The lowest BCUT2D eigenvalue weighted by Gasteiger charge is -1.95. The Hall–Kier alpha value is -1.76. The topological polar surface area (TPSA) is 69.9 Å². The van der Waals surface area contributed by atoms with Crippen molar-refractivity contribution in [3.8, 4) is 11.4 Å². The lowest BCUT2D eigenvalue weighted by Crippen LogP contribution is -2.14. The van der Waals surface area contributed by atoms with Crippen molar-refractivity contribution in [2.24, 2.45) is 0 Å². The molecule has 0 aliphatic heterocycles. The summed E-state index contributed by atoms with van der Waals surface area (Å²) in [6.45, 7) is -0.0202. The van der Waals surface area contributed by atoms with Crippen molar-refractivity contribution in [3.63, 3.8) is 0 Å². The molecule has 0 unspecified atom stereocenters. The quantitative estimate of drug-likeness (QED) is 0.713. The number of rotatable bonds is 3. The molecule has 0 amide bonds. The van der Waals surface area contributed by atoms with Crippen LogP contribution in [-0.2, 0) is 16.1 Å². The van der Waals surface area contributed by atoms with Crippen LogP contribution in [0, 0.1) is 0 Å². The van der Waals surface area contributed by atoms with Gasteiger partial charge in [0.25, 0.3) is 0 Å². The van der Waals surface area contributed by atoms with Crippen molar-refractivity contribution < 1.29 is 9.53 Å². The molecule has 2 aromatic rings. The van der Waals surface area contributed by atoms with Crippen molar-refractivity contribution in [2.75, 3.05) is 7.11 Å². The second-order valence-corrected chi connectivity index (χ2v) is 3.51. The van der Waals surface area contributed by atoms with Gasteiger partial charge in [0.15, 0.2) is 6.54 Å². The number of carbonyl (C=O) groups is 1. The van der Waals surface area contributed by atoms with Gasteiger partial charge in [0, 0.05) is 10.9 Å². The summed E-state index contributed by atoms with van der Waals surface area (Å²) in [5, 5.41) is 15.5. The molecule has 78 valence electrons. The van der Waals surface area contributed by atoms with Crippen molar-refractivity contribution in [1.82, 2.24) is 20.2 Å². The fourth-order valence-corrected chi connectivity index (χ4v) is 1.63. The van der Waals surface area contributed by atoms with E-state index >= 15 is 0 Å². The van der Waals surface area contributed by atoms with Gasteiger partial charge in [-0.15, -0.1) is 10.2 Å². The molecule has 2 rings (SSSR count). The van der Waals surface area contributed by atoms with Gasteiger partial charge in [0.2, 0.25) is 5.82 Å². The molecule has 2 aromatic heterocycles. The summed E-state index contributed by atoms with van der Waals surface area (Å²) in [6.07, 6.45) is 0. The molecule has 0 spiro atoms. The molecule has 0 atom stereocenters. The van der Waals surface area contributed by atoms with Crippen molar-refractivity contribution >= 4 is 17.3 Å². The first kappa shape index (κ1) is 9.78. The summed E-state index contributed by atoms with van der Waals surface area (Å²) in [5.74, 6) is 0.115. The van der Waals surface area contributed by atoms with Crippen LogP contribution in [-0.4, -0.2) is 33.3 Å². The first-order chi connectivity index (χ1) is 7.29. The molecule has 0 bridgehead atoms. The van der Waals surface area contributed by atoms with Gasteiger partial charge in [-0.1, -0.05) is 0 Å². The van der Waals surface area contributed by atoms with Gasteiger partial charge in [-0.3, -0.25) is 0 Å². The number of thiophene rings is 1. The minimum absolute atomic E-state index is 0.0202. The van der Waals surface area contributed by atoms with Crippen LogP contribution in [0.1, 0.15) is 0 Å². The van der Waals surface area contributed by atoms with Crippen LogP contribution in [0.4, 0.5) is 0 Å². The van der Waals surface area contributed by atoms with E-state index in [9.17, 15) is 4.79 Å². The number of methoxy groups -OCH3 is 1. The molecule has 2 heterocycles. The highest BCUT2D eigenvalue weighted by molar-refractivity contribution is 7.08. The fourth-order valence-electron chi connectivity index (χ4n) is 0.997. The average molecular weight is 224 g/mol. The van der Waals surface area contributed by atoms with Crippen LogP contribution in [0.5, 0.6) is 0 Å². The minimum Gasteiger partial charge on any atom is -0.468 e. The smallest absolute Gasteiger partial charge is 0.329 e. The van der Waals surface area contributed by atoms with Gasteiger partial charge in [-0.05, 0) is 16.7 Å². The standard InChI is InChI=1S/C8H8N4O2S/c1-14-7(13)4-12-10-8(9-11-12)6-2-3-15-5-6/h2-3,5H,4H2,1H3. The highest BCUT2D eigenvalue weighted by Crippen LogP contribution is 2.16. The lowest BCUT2D eigenvalue weighted by molar-refractivity contribution is -0.141. The zero-order chi connectivity index (χ0) is 10.7. The first-order valence-electron chi connectivity index (χ1n) is 4.17. The average Bonchev–Trinajstić information content (AvgIpc) is 2.85. The maximum absolute atomic E-state index is 10.9. The zero-order valence-electron chi connectivity index (χ0n) is 7.95. The summed E-state index contributed by atoms with van der Waals surface area (Å²) >= 11 is 1.55. The number of tetrazole rings is 1. The van der Waals surface area contributed by atoms with E-state index in [1.165, 1.54) is 11.9 Å². The molecule has 0 N–H and O–H groups in total. The molecule has 0 aromatic carbocycles. The maximum Gasteiger partial charge on any atom is 0.329 e. The van der Waals surface area contributed by atoms with E-state index in [-0.39, 0.29) is 6.54 Å². The molecule has 0 aliphatic rings. The summed E-state index contributed by atoms with van der Waals surface area (Å²) < 4.78 is 4.49. The van der Waals surface area contributed by atoms with E-state index in [0.717, 1.165) is 5.56 Å². The molecule has 0 saturated heterocycles. The Bertz CT molecular complexity index is 451. The van der Waals surface area contributed by atoms with E-state index in [1.807, 2.05) is 16.8 Å². The maximum atomic E-state index is 10.9. The number of carbonyl (C=O) groups excluding carboxylic acids is 1. The Kier molecular flexibility index (Phi) is 2.72. The molecule has 0 saturated carbocycles. The van der Waals surface area contributed by atoms with Gasteiger partial charge in [0.1, 0.15) is 0 Å². The van der Waals surface area contributed by atoms with E-state index in [2.05, 4.69) is 20.1 Å². The van der Waals surface area contributed by atoms with E-state index < -0.39 is 5.97 Å². The number of hydrogen-bond acceptors (Lipinski definition) is 6. The second kappa shape index (κ2) is 4.18. The monoisotopic (exact) mass is 224 g/mol. The number of hydrogen-bond donors (Lipinski definition) is 0. The van der Waals surface area contributed by atoms with Crippen LogP contribution < -0.4 is 0 Å². The Morgan fingerprint density at radius 2 is 2.53 bits per heavy atom. The normalized spacial score (nSPS) is 10.2. The molecular formula is C8H8N4O2S. The summed E-state index contributed by atoms with van der Waals surface area (Å²) in [4.78, 5) is 12.1. The van der Waals surface area contributed by atoms with E-state index in [1.54, 1.807) is 11.3 Å². The van der Waals surface area contributed by atoms with Gasteiger partial charge in [-0.25, -0.2) is 4.79 Å². The van der Waals surface area contributed by atoms with Gasteiger partial charge < -0.3 is 4.74 Å². The summed E-state index contributed by atoms with van der Waals surface area (Å²) in [5.41, 5.74) is 0.899. The molecule has 0 radical (unpaired) electrons. The largest absolute Gasteiger partial charge is 0.468 e. The number of ether oxygens (including phenoxy) is 1. The lowest BCUT2D eigenvalue weighted by atomic mass is 10.3. The minimum atomic E-state index is -0.399. The van der Waals surface area contributed by atoms with Crippen LogP contribution in [0.25, 0.3) is 11.4 Å². The van der Waals surface area contributed by atoms with Crippen molar-refractivity contribution in [3.05, 3.63) is 16.8 Å². The van der Waals surface area contributed by atoms with Crippen LogP contribution in [0.3, 0.4) is 0 Å². The SMILES string of the molecule is COC(=O)Cn1nnc(-c2ccsc2)n1. The Labute approximate surface area is 89.5 Å². The van der Waals surface area contributed by atoms with E-state index in [0.29, 0.717) is 5.82 Å². The Morgan fingerprint density at radius 3 is 3.20 bits per heavy atom. The zero-order valence-corrected chi connectivity index (χ0v) is 8.77. The molecular weight excluding hydrogens is 216 g/mol. The van der Waals surface area contributed by atoms with Gasteiger partial charge in [0.05, 0.1) is 7.11 Å². The first-order valence-corrected chi connectivity index (χ1v) is 5.11.